The van der Waals surface area contributed by atoms with Gasteiger partial charge in [0.05, 0.1) is 0 Å². The molecule has 2 atom stereocenters. The van der Waals surface area contributed by atoms with Gasteiger partial charge in [-0.15, -0.1) is 0 Å². The zero-order valence-corrected chi connectivity index (χ0v) is 11.9. The molecule has 0 bridgehead atoms. The lowest BCUT2D eigenvalue weighted by atomic mass is 9.96. The van der Waals surface area contributed by atoms with Crippen molar-refractivity contribution in [2.45, 2.75) is 45.3 Å². The highest BCUT2D eigenvalue weighted by Crippen LogP contribution is 2.18. The Balaban J connectivity index is 2.54. The highest BCUT2D eigenvalue weighted by molar-refractivity contribution is 5.68. The SMILES string of the molecule is CN1CC[C@@H](CO)[C@H](NC(=O)OC(C)(C)C)CC1. The van der Waals surface area contributed by atoms with Crippen LogP contribution in [0.3, 0.4) is 0 Å². The van der Waals surface area contributed by atoms with E-state index in [2.05, 4.69) is 17.3 Å². The average Bonchev–Trinajstić information content (AvgIpc) is 2.39. The Labute approximate surface area is 109 Å². The molecule has 0 saturated carbocycles. The van der Waals surface area contributed by atoms with Gasteiger partial charge in [0.1, 0.15) is 5.60 Å². The highest BCUT2D eigenvalue weighted by atomic mass is 16.6. The van der Waals surface area contributed by atoms with Crippen LogP contribution in [0.2, 0.25) is 0 Å². The molecule has 0 spiro atoms. The van der Waals surface area contributed by atoms with Crippen molar-refractivity contribution in [1.82, 2.24) is 10.2 Å². The zero-order chi connectivity index (χ0) is 13.8. The Morgan fingerprint density at radius 1 is 1.39 bits per heavy atom. The second-order valence-electron chi connectivity index (χ2n) is 6.08. The molecule has 1 rings (SSSR count). The third kappa shape index (κ3) is 5.23. The lowest BCUT2D eigenvalue weighted by molar-refractivity contribution is 0.0469. The topological polar surface area (TPSA) is 61.8 Å². The summed E-state index contributed by atoms with van der Waals surface area (Å²) in [5.74, 6) is 0.113. The number of nitrogens with one attached hydrogen (secondary N) is 1. The van der Waals surface area contributed by atoms with Crippen LogP contribution in [0.5, 0.6) is 0 Å². The number of likely N-dealkylation sites (tertiary alicyclic amines) is 1. The van der Waals surface area contributed by atoms with E-state index >= 15 is 0 Å². The minimum absolute atomic E-state index is 0.00481. The van der Waals surface area contributed by atoms with Gasteiger partial charge in [-0.1, -0.05) is 0 Å². The third-order valence-corrected chi connectivity index (χ3v) is 3.21. The van der Waals surface area contributed by atoms with Crippen LogP contribution in [0, 0.1) is 5.92 Å². The first-order valence-corrected chi connectivity index (χ1v) is 6.61. The summed E-state index contributed by atoms with van der Waals surface area (Å²) in [5.41, 5.74) is -0.486. The van der Waals surface area contributed by atoms with Gasteiger partial charge in [0.2, 0.25) is 0 Å². The van der Waals surface area contributed by atoms with Gasteiger partial charge in [-0.05, 0) is 53.8 Å². The van der Waals surface area contributed by atoms with Crippen molar-refractivity contribution in [3.05, 3.63) is 0 Å². The number of aliphatic hydroxyl groups is 1. The number of alkyl carbamates (subject to hydrolysis) is 1. The fourth-order valence-electron chi connectivity index (χ4n) is 2.16. The predicted octanol–water partition coefficient (Wildman–Crippen LogP) is 1.21. The molecule has 0 unspecified atom stereocenters. The first kappa shape index (κ1) is 15.2. The van der Waals surface area contributed by atoms with Gasteiger partial charge in [0.25, 0.3) is 0 Å². The minimum Gasteiger partial charge on any atom is -0.444 e. The van der Waals surface area contributed by atoms with Crippen LogP contribution in [0.25, 0.3) is 0 Å². The number of carbonyl (C=O) groups is 1. The molecule has 0 aromatic carbocycles. The van der Waals surface area contributed by atoms with Crippen LogP contribution in [0.1, 0.15) is 33.6 Å². The molecule has 5 heteroatoms. The van der Waals surface area contributed by atoms with E-state index in [1.54, 1.807) is 0 Å². The number of nitrogens with zero attached hydrogens (tertiary/aromatic N) is 1. The highest BCUT2D eigenvalue weighted by Gasteiger charge is 2.27. The largest absolute Gasteiger partial charge is 0.444 e. The van der Waals surface area contributed by atoms with Crippen LogP contribution in [0.4, 0.5) is 4.79 Å². The van der Waals surface area contributed by atoms with E-state index in [0.717, 1.165) is 25.9 Å². The Bertz CT molecular complexity index is 276. The van der Waals surface area contributed by atoms with Crippen molar-refractivity contribution in [2.75, 3.05) is 26.7 Å². The Kier molecular flexibility index (Phi) is 5.41. The molecule has 1 amide bonds. The van der Waals surface area contributed by atoms with Gasteiger partial charge in [0.15, 0.2) is 0 Å². The molecule has 1 aliphatic heterocycles. The lowest BCUT2D eigenvalue weighted by Crippen LogP contribution is -2.44. The predicted molar refractivity (Wildman–Crippen MR) is 70.5 cm³/mol. The monoisotopic (exact) mass is 258 g/mol. The molecule has 0 aliphatic carbocycles. The van der Waals surface area contributed by atoms with Crippen molar-refractivity contribution in [2.24, 2.45) is 5.92 Å². The van der Waals surface area contributed by atoms with E-state index in [1.807, 2.05) is 20.8 Å². The Morgan fingerprint density at radius 2 is 2.00 bits per heavy atom. The number of hydrogen-bond donors (Lipinski definition) is 2. The van der Waals surface area contributed by atoms with E-state index in [1.165, 1.54) is 0 Å². The standard InChI is InChI=1S/C13H26N2O3/c1-13(2,3)18-12(17)14-11-6-8-15(4)7-5-10(11)9-16/h10-11,16H,5-9H2,1-4H3,(H,14,17)/t10-,11+/m0/s1. The van der Waals surface area contributed by atoms with Crippen LogP contribution >= 0.6 is 0 Å². The number of hydrogen-bond acceptors (Lipinski definition) is 4. The summed E-state index contributed by atoms with van der Waals surface area (Å²) < 4.78 is 5.26. The van der Waals surface area contributed by atoms with Gasteiger partial charge in [0, 0.05) is 18.6 Å². The summed E-state index contributed by atoms with van der Waals surface area (Å²) in [7, 11) is 2.06. The van der Waals surface area contributed by atoms with Crippen LogP contribution in [-0.4, -0.2) is 54.5 Å². The molecular weight excluding hydrogens is 232 g/mol. The molecule has 1 fully saturated rings. The van der Waals surface area contributed by atoms with Crippen LogP contribution < -0.4 is 5.32 Å². The quantitative estimate of drug-likeness (QED) is 0.781. The molecule has 0 aromatic heterocycles. The fourth-order valence-corrected chi connectivity index (χ4v) is 2.16. The van der Waals surface area contributed by atoms with Crippen molar-refractivity contribution in [3.8, 4) is 0 Å². The molecule has 18 heavy (non-hydrogen) atoms. The maximum Gasteiger partial charge on any atom is 0.407 e. The number of rotatable bonds is 2. The van der Waals surface area contributed by atoms with Crippen molar-refractivity contribution < 1.29 is 14.6 Å². The molecule has 1 aliphatic rings. The lowest BCUT2D eigenvalue weighted by Gasteiger charge is -2.26. The van der Waals surface area contributed by atoms with Crippen molar-refractivity contribution in [1.29, 1.82) is 0 Å². The number of aliphatic hydroxyl groups excluding tert-OH is 1. The summed E-state index contributed by atoms with van der Waals surface area (Å²) in [6.07, 6.45) is 1.35. The first-order chi connectivity index (χ1) is 8.31. The van der Waals surface area contributed by atoms with Gasteiger partial charge >= 0.3 is 6.09 Å². The van der Waals surface area contributed by atoms with E-state index < -0.39 is 11.7 Å². The third-order valence-electron chi connectivity index (χ3n) is 3.21. The maximum absolute atomic E-state index is 11.8. The normalized spacial score (nSPS) is 26.5. The maximum atomic E-state index is 11.8. The summed E-state index contributed by atoms with van der Waals surface area (Å²) in [6, 6.07) is -0.00481. The zero-order valence-electron chi connectivity index (χ0n) is 11.9. The number of ether oxygens (including phenoxy) is 1. The van der Waals surface area contributed by atoms with Crippen molar-refractivity contribution in [3.63, 3.8) is 0 Å². The molecule has 0 aromatic rings. The Hall–Kier alpha value is -0.810. The summed E-state index contributed by atoms with van der Waals surface area (Å²) in [6.45, 7) is 7.52. The molecule has 1 saturated heterocycles. The fraction of sp³-hybridized carbons (Fsp3) is 0.923. The number of carbonyl (C=O) groups excluding carboxylic acids is 1. The minimum atomic E-state index is -0.486. The molecule has 0 radical (unpaired) electrons. The van der Waals surface area contributed by atoms with Crippen molar-refractivity contribution >= 4 is 6.09 Å². The molecule has 1 heterocycles. The average molecular weight is 258 g/mol. The van der Waals surface area contributed by atoms with Crippen LogP contribution in [0.15, 0.2) is 0 Å². The van der Waals surface area contributed by atoms with E-state index in [9.17, 15) is 9.90 Å². The van der Waals surface area contributed by atoms with Gasteiger partial charge in [-0.2, -0.15) is 0 Å². The summed E-state index contributed by atoms with van der Waals surface area (Å²) in [5, 5.41) is 12.3. The Morgan fingerprint density at radius 3 is 2.56 bits per heavy atom. The van der Waals surface area contributed by atoms with E-state index in [-0.39, 0.29) is 18.6 Å². The molecule has 106 valence electrons. The number of amides is 1. The molecule has 5 nitrogen and oxygen atoms in total. The second kappa shape index (κ2) is 6.38. The summed E-state index contributed by atoms with van der Waals surface area (Å²) >= 11 is 0. The van der Waals surface area contributed by atoms with Gasteiger partial charge < -0.3 is 20.1 Å². The summed E-state index contributed by atoms with van der Waals surface area (Å²) in [4.78, 5) is 14.0. The smallest absolute Gasteiger partial charge is 0.407 e. The molecule has 2 N–H and O–H groups in total. The van der Waals surface area contributed by atoms with Gasteiger partial charge in [-0.25, -0.2) is 4.79 Å². The first-order valence-electron chi connectivity index (χ1n) is 6.61. The molecular formula is C13H26N2O3. The van der Waals surface area contributed by atoms with E-state index in [4.69, 9.17) is 4.74 Å². The van der Waals surface area contributed by atoms with E-state index in [0.29, 0.717) is 0 Å². The van der Waals surface area contributed by atoms with Crippen LogP contribution in [-0.2, 0) is 4.74 Å². The second-order valence-corrected chi connectivity index (χ2v) is 6.08. The van der Waals surface area contributed by atoms with Gasteiger partial charge in [-0.3, -0.25) is 0 Å².